The van der Waals surface area contributed by atoms with E-state index in [0.29, 0.717) is 16.8 Å². The van der Waals surface area contributed by atoms with Gasteiger partial charge in [0.1, 0.15) is 5.82 Å². The maximum absolute atomic E-state index is 9.12. The number of hydrogen-bond donors (Lipinski definition) is 2. The van der Waals surface area contributed by atoms with Crippen LogP contribution < -0.4 is 5.32 Å². The van der Waals surface area contributed by atoms with Gasteiger partial charge in [0.25, 0.3) is 0 Å². The van der Waals surface area contributed by atoms with Crippen LogP contribution in [0.15, 0.2) is 18.3 Å². The highest BCUT2D eigenvalue weighted by Gasteiger charge is 2.13. The molecule has 2 N–H and O–H groups in total. The zero-order valence-electron chi connectivity index (χ0n) is 8.37. The number of aliphatic hydroxyl groups is 1. The molecule has 0 unspecified atom stereocenters. The lowest BCUT2D eigenvalue weighted by Gasteiger charge is -2.20. The molecule has 4 heteroatoms. The normalized spacial score (nSPS) is 12.9. The molecule has 0 aliphatic carbocycles. The SMILES string of the molecule is CC(C)[C@@H](CO)Nc1ncccc1Cl. The van der Waals surface area contributed by atoms with E-state index < -0.39 is 0 Å². The lowest BCUT2D eigenvalue weighted by atomic mass is 10.1. The van der Waals surface area contributed by atoms with Crippen molar-refractivity contribution in [1.82, 2.24) is 4.98 Å². The Balaban J connectivity index is 2.72. The van der Waals surface area contributed by atoms with Crippen molar-refractivity contribution in [3.63, 3.8) is 0 Å². The Hall–Kier alpha value is -0.800. The lowest BCUT2D eigenvalue weighted by molar-refractivity contribution is 0.249. The highest BCUT2D eigenvalue weighted by atomic mass is 35.5. The van der Waals surface area contributed by atoms with E-state index in [-0.39, 0.29) is 12.6 Å². The molecule has 0 fully saturated rings. The number of anilines is 1. The van der Waals surface area contributed by atoms with Crippen molar-refractivity contribution in [2.24, 2.45) is 5.92 Å². The van der Waals surface area contributed by atoms with Gasteiger partial charge in [0.15, 0.2) is 0 Å². The van der Waals surface area contributed by atoms with Gasteiger partial charge in [0.2, 0.25) is 0 Å². The van der Waals surface area contributed by atoms with Crippen molar-refractivity contribution < 1.29 is 5.11 Å². The lowest BCUT2D eigenvalue weighted by Crippen LogP contribution is -2.29. The van der Waals surface area contributed by atoms with Crippen LogP contribution in [0.1, 0.15) is 13.8 Å². The number of nitrogens with zero attached hydrogens (tertiary/aromatic N) is 1. The number of aliphatic hydroxyl groups excluding tert-OH is 1. The van der Waals surface area contributed by atoms with Gasteiger partial charge in [-0.15, -0.1) is 0 Å². The summed E-state index contributed by atoms with van der Waals surface area (Å²) in [5.41, 5.74) is 0. The minimum Gasteiger partial charge on any atom is -0.394 e. The average Bonchev–Trinajstić information content (AvgIpc) is 2.16. The van der Waals surface area contributed by atoms with Gasteiger partial charge in [0, 0.05) is 6.20 Å². The second kappa shape index (κ2) is 5.17. The first kappa shape index (κ1) is 11.3. The van der Waals surface area contributed by atoms with E-state index in [1.165, 1.54) is 0 Å². The topological polar surface area (TPSA) is 45.1 Å². The van der Waals surface area contributed by atoms with Crippen molar-refractivity contribution in [3.8, 4) is 0 Å². The van der Waals surface area contributed by atoms with Crippen LogP contribution in [0.4, 0.5) is 5.82 Å². The molecule has 1 aromatic heterocycles. The summed E-state index contributed by atoms with van der Waals surface area (Å²) in [6, 6.07) is 3.53. The van der Waals surface area contributed by atoms with E-state index in [2.05, 4.69) is 10.3 Å². The van der Waals surface area contributed by atoms with Crippen molar-refractivity contribution in [2.75, 3.05) is 11.9 Å². The number of pyridine rings is 1. The van der Waals surface area contributed by atoms with E-state index in [4.69, 9.17) is 16.7 Å². The van der Waals surface area contributed by atoms with Crippen molar-refractivity contribution >= 4 is 17.4 Å². The van der Waals surface area contributed by atoms with E-state index in [1.807, 2.05) is 13.8 Å². The number of hydrogen-bond acceptors (Lipinski definition) is 3. The molecular weight excluding hydrogens is 200 g/mol. The smallest absolute Gasteiger partial charge is 0.145 e. The molecule has 14 heavy (non-hydrogen) atoms. The van der Waals surface area contributed by atoms with Crippen LogP contribution >= 0.6 is 11.6 Å². The Labute approximate surface area is 89.1 Å². The third kappa shape index (κ3) is 2.86. The Bertz CT molecular complexity index is 291. The molecule has 1 heterocycles. The Morgan fingerprint density at radius 3 is 2.79 bits per heavy atom. The fourth-order valence-corrected chi connectivity index (χ4v) is 1.27. The van der Waals surface area contributed by atoms with E-state index in [1.54, 1.807) is 18.3 Å². The predicted molar refractivity (Wildman–Crippen MR) is 58.6 cm³/mol. The molecule has 0 bridgehead atoms. The van der Waals surface area contributed by atoms with Crippen LogP contribution in [0.3, 0.4) is 0 Å². The predicted octanol–water partition coefficient (Wildman–Crippen LogP) is 2.16. The van der Waals surface area contributed by atoms with Crippen LogP contribution in [0.25, 0.3) is 0 Å². The Morgan fingerprint density at radius 2 is 2.29 bits per heavy atom. The van der Waals surface area contributed by atoms with E-state index in [0.717, 1.165) is 0 Å². The fraction of sp³-hybridized carbons (Fsp3) is 0.500. The summed E-state index contributed by atoms with van der Waals surface area (Å²) >= 11 is 5.92. The van der Waals surface area contributed by atoms with Gasteiger partial charge >= 0.3 is 0 Å². The second-order valence-corrected chi connectivity index (χ2v) is 3.92. The quantitative estimate of drug-likeness (QED) is 0.808. The van der Waals surface area contributed by atoms with Gasteiger partial charge in [0.05, 0.1) is 17.7 Å². The molecule has 0 spiro atoms. The van der Waals surface area contributed by atoms with E-state index >= 15 is 0 Å². The van der Waals surface area contributed by atoms with Crippen molar-refractivity contribution in [1.29, 1.82) is 0 Å². The first-order valence-electron chi connectivity index (χ1n) is 4.63. The molecular formula is C10H15ClN2O. The van der Waals surface area contributed by atoms with Gasteiger partial charge in [-0.05, 0) is 18.1 Å². The molecule has 0 saturated heterocycles. The van der Waals surface area contributed by atoms with Crippen LogP contribution in [0, 0.1) is 5.92 Å². The van der Waals surface area contributed by atoms with Crippen LogP contribution in [-0.2, 0) is 0 Å². The fourth-order valence-electron chi connectivity index (χ4n) is 1.09. The number of nitrogens with one attached hydrogen (secondary N) is 1. The Kier molecular flexibility index (Phi) is 4.17. The maximum atomic E-state index is 9.12. The standard InChI is InChI=1S/C10H15ClN2O/c1-7(2)9(6-14)13-10-8(11)4-3-5-12-10/h3-5,7,9,14H,6H2,1-2H3,(H,12,13)/t9-/m1/s1. The van der Waals surface area contributed by atoms with Gasteiger partial charge < -0.3 is 10.4 Å². The summed E-state index contributed by atoms with van der Waals surface area (Å²) in [4.78, 5) is 4.09. The summed E-state index contributed by atoms with van der Waals surface area (Å²) in [6.07, 6.45) is 1.67. The monoisotopic (exact) mass is 214 g/mol. The number of aromatic nitrogens is 1. The largest absolute Gasteiger partial charge is 0.394 e. The molecule has 1 rings (SSSR count). The molecule has 0 aromatic carbocycles. The first-order valence-corrected chi connectivity index (χ1v) is 5.01. The van der Waals surface area contributed by atoms with Gasteiger partial charge in [-0.1, -0.05) is 25.4 Å². The molecule has 0 radical (unpaired) electrons. The van der Waals surface area contributed by atoms with Crippen molar-refractivity contribution in [2.45, 2.75) is 19.9 Å². The number of rotatable bonds is 4. The summed E-state index contributed by atoms with van der Waals surface area (Å²) < 4.78 is 0. The highest BCUT2D eigenvalue weighted by molar-refractivity contribution is 6.32. The third-order valence-electron chi connectivity index (χ3n) is 2.08. The molecule has 3 nitrogen and oxygen atoms in total. The van der Waals surface area contributed by atoms with Gasteiger partial charge in [-0.25, -0.2) is 4.98 Å². The van der Waals surface area contributed by atoms with Crippen LogP contribution in [0.2, 0.25) is 5.02 Å². The van der Waals surface area contributed by atoms with Gasteiger partial charge in [-0.3, -0.25) is 0 Å². The average molecular weight is 215 g/mol. The summed E-state index contributed by atoms with van der Waals surface area (Å²) in [6.45, 7) is 4.14. The summed E-state index contributed by atoms with van der Waals surface area (Å²) in [7, 11) is 0. The second-order valence-electron chi connectivity index (χ2n) is 3.51. The van der Waals surface area contributed by atoms with Crippen molar-refractivity contribution in [3.05, 3.63) is 23.4 Å². The zero-order valence-corrected chi connectivity index (χ0v) is 9.12. The third-order valence-corrected chi connectivity index (χ3v) is 2.39. The molecule has 1 atom stereocenters. The summed E-state index contributed by atoms with van der Waals surface area (Å²) in [5, 5.41) is 12.8. The minimum absolute atomic E-state index is 0.0117. The zero-order chi connectivity index (χ0) is 10.6. The van der Waals surface area contributed by atoms with E-state index in [9.17, 15) is 0 Å². The molecule has 78 valence electrons. The van der Waals surface area contributed by atoms with Crippen LogP contribution in [-0.4, -0.2) is 22.7 Å². The molecule has 0 aliphatic heterocycles. The van der Waals surface area contributed by atoms with Gasteiger partial charge in [-0.2, -0.15) is 0 Å². The number of halogens is 1. The first-order chi connectivity index (χ1) is 6.65. The molecule has 0 amide bonds. The molecule has 0 aliphatic rings. The minimum atomic E-state index is -0.0117. The van der Waals surface area contributed by atoms with Crippen LogP contribution in [0.5, 0.6) is 0 Å². The maximum Gasteiger partial charge on any atom is 0.145 e. The molecule has 1 aromatic rings. The molecule has 0 saturated carbocycles. The highest BCUT2D eigenvalue weighted by Crippen LogP contribution is 2.19. The summed E-state index contributed by atoms with van der Waals surface area (Å²) in [5.74, 6) is 0.958. The Morgan fingerprint density at radius 1 is 1.57 bits per heavy atom.